The van der Waals surface area contributed by atoms with Crippen LogP contribution in [-0.2, 0) is 16.0 Å². The number of carbonyl (C=O) groups excluding carboxylic acids is 2. The summed E-state index contributed by atoms with van der Waals surface area (Å²) in [5, 5.41) is 31.8. The molecular formula is C26H38BF3N4O5. The molecule has 2 rings (SSSR count). The zero-order valence-electron chi connectivity index (χ0n) is 22.9. The molecule has 9 nitrogen and oxygen atoms in total. The quantitative estimate of drug-likeness (QED) is 0.359. The van der Waals surface area contributed by atoms with E-state index in [4.69, 9.17) is 4.74 Å². The van der Waals surface area contributed by atoms with Crippen molar-refractivity contribution in [3.8, 4) is 6.07 Å². The van der Waals surface area contributed by atoms with Crippen molar-refractivity contribution < 1.29 is 37.5 Å². The van der Waals surface area contributed by atoms with Gasteiger partial charge in [-0.25, -0.2) is 4.79 Å². The van der Waals surface area contributed by atoms with Crippen LogP contribution in [0.5, 0.6) is 0 Å². The summed E-state index contributed by atoms with van der Waals surface area (Å²) >= 11 is 0. The average molecular weight is 554 g/mol. The summed E-state index contributed by atoms with van der Waals surface area (Å²) < 4.78 is 44.3. The number of nitrogens with zero attached hydrogens (tertiary/aromatic N) is 3. The van der Waals surface area contributed by atoms with E-state index in [0.29, 0.717) is 19.4 Å². The SMILES string of the molecule is CN(CC(F)(F)F)C(C)(C)CC(C)(C#N)C(=O)N1CCCC[C@@H]1COC(=O)N[C@@H](Cc1ccccc1)B(O)O. The van der Waals surface area contributed by atoms with Crippen molar-refractivity contribution in [2.24, 2.45) is 5.41 Å². The Labute approximate surface area is 228 Å². The van der Waals surface area contributed by atoms with E-state index < -0.39 is 54.8 Å². The van der Waals surface area contributed by atoms with Gasteiger partial charge in [0.1, 0.15) is 12.0 Å². The van der Waals surface area contributed by atoms with Crippen LogP contribution in [0.4, 0.5) is 18.0 Å². The number of amides is 2. The summed E-state index contributed by atoms with van der Waals surface area (Å²) in [5.74, 6) is -1.55. The second-order valence-electron chi connectivity index (χ2n) is 11.0. The maximum absolute atomic E-state index is 13.6. The molecule has 1 heterocycles. The number of hydrogen-bond acceptors (Lipinski definition) is 7. The number of rotatable bonds is 11. The van der Waals surface area contributed by atoms with Crippen LogP contribution < -0.4 is 5.32 Å². The first-order valence-electron chi connectivity index (χ1n) is 12.9. The van der Waals surface area contributed by atoms with E-state index in [1.54, 1.807) is 38.1 Å². The molecule has 13 heteroatoms. The van der Waals surface area contributed by atoms with Crippen LogP contribution in [0.25, 0.3) is 0 Å². The van der Waals surface area contributed by atoms with Gasteiger partial charge in [-0.1, -0.05) is 30.3 Å². The second-order valence-corrected chi connectivity index (χ2v) is 11.0. The summed E-state index contributed by atoms with van der Waals surface area (Å²) in [7, 11) is -0.527. The molecule has 0 bridgehead atoms. The van der Waals surface area contributed by atoms with Gasteiger partial charge in [-0.2, -0.15) is 18.4 Å². The first-order valence-corrected chi connectivity index (χ1v) is 12.9. The normalized spacial score (nSPS) is 18.6. The Hall–Kier alpha value is -2.82. The Morgan fingerprint density at radius 1 is 1.23 bits per heavy atom. The van der Waals surface area contributed by atoms with E-state index in [1.807, 2.05) is 12.1 Å². The number of nitrogens with one attached hydrogen (secondary N) is 1. The zero-order valence-corrected chi connectivity index (χ0v) is 22.9. The lowest BCUT2D eigenvalue weighted by atomic mass is 9.76. The van der Waals surface area contributed by atoms with E-state index in [1.165, 1.54) is 18.9 Å². The van der Waals surface area contributed by atoms with E-state index in [0.717, 1.165) is 16.9 Å². The minimum atomic E-state index is -4.43. The lowest BCUT2D eigenvalue weighted by Gasteiger charge is -2.43. The minimum Gasteiger partial charge on any atom is -0.447 e. The fraction of sp³-hybridized carbons (Fsp3) is 0.654. The van der Waals surface area contributed by atoms with Gasteiger partial charge in [-0.3, -0.25) is 9.69 Å². The molecule has 1 saturated heterocycles. The molecule has 0 saturated carbocycles. The Morgan fingerprint density at radius 3 is 2.44 bits per heavy atom. The molecule has 3 atom stereocenters. The maximum atomic E-state index is 13.6. The number of nitriles is 1. The second kappa shape index (κ2) is 13.5. The fourth-order valence-electron chi connectivity index (χ4n) is 4.87. The molecule has 0 aliphatic carbocycles. The van der Waals surface area contributed by atoms with Crippen molar-refractivity contribution in [3.05, 3.63) is 35.9 Å². The van der Waals surface area contributed by atoms with Crippen LogP contribution in [0, 0.1) is 16.7 Å². The third-order valence-corrected chi connectivity index (χ3v) is 7.21. The number of hydrogen-bond donors (Lipinski definition) is 3. The molecule has 1 aromatic rings. The highest BCUT2D eigenvalue weighted by Crippen LogP contribution is 2.36. The molecule has 1 unspecified atom stereocenters. The van der Waals surface area contributed by atoms with E-state index in [9.17, 15) is 38.1 Å². The van der Waals surface area contributed by atoms with Gasteiger partial charge in [-0.05, 0) is 65.5 Å². The van der Waals surface area contributed by atoms with Crippen LogP contribution >= 0.6 is 0 Å². The van der Waals surface area contributed by atoms with Gasteiger partial charge in [0.05, 0.1) is 24.6 Å². The average Bonchev–Trinajstić information content (AvgIpc) is 2.86. The molecule has 3 N–H and O–H groups in total. The third-order valence-electron chi connectivity index (χ3n) is 7.21. The standard InChI is InChI=1S/C26H38BF3N4O5/c1-24(2,33(4)18-26(28,29)30)16-25(3,17-31)22(35)34-13-9-8-12-20(34)15-39-23(36)32-21(27(37)38)14-19-10-6-5-7-11-19/h5-7,10-11,20-21,37-38H,8-9,12-16,18H2,1-4H3,(H,32,36)/t20-,21+,25?/m1/s1. The monoisotopic (exact) mass is 554 g/mol. The highest BCUT2D eigenvalue weighted by molar-refractivity contribution is 6.43. The number of ether oxygens (including phenoxy) is 1. The van der Waals surface area contributed by atoms with Gasteiger partial charge in [0.15, 0.2) is 0 Å². The summed E-state index contributed by atoms with van der Waals surface area (Å²) in [6.45, 7) is 3.49. The Kier molecular flexibility index (Phi) is 11.2. The molecule has 216 valence electrons. The first kappa shape index (κ1) is 32.4. The van der Waals surface area contributed by atoms with E-state index in [2.05, 4.69) is 5.32 Å². The number of carbonyl (C=O) groups is 2. The Bertz CT molecular complexity index is 1010. The highest BCUT2D eigenvalue weighted by Gasteiger charge is 2.46. The molecule has 1 fully saturated rings. The molecule has 0 aromatic heterocycles. The first-order chi connectivity index (χ1) is 18.1. The fourth-order valence-corrected chi connectivity index (χ4v) is 4.87. The zero-order chi connectivity index (χ0) is 29.4. The number of halogens is 3. The highest BCUT2D eigenvalue weighted by atomic mass is 19.4. The predicted molar refractivity (Wildman–Crippen MR) is 139 cm³/mol. The number of alkyl carbamates (subject to hydrolysis) is 1. The summed E-state index contributed by atoms with van der Waals surface area (Å²) in [6, 6.07) is 10.4. The van der Waals surface area contributed by atoms with Crippen LogP contribution in [-0.4, -0.2) is 89.4 Å². The van der Waals surface area contributed by atoms with Crippen molar-refractivity contribution in [3.63, 3.8) is 0 Å². The number of piperidine rings is 1. The van der Waals surface area contributed by atoms with Crippen LogP contribution in [0.2, 0.25) is 0 Å². The molecule has 1 aliphatic rings. The molecule has 1 aliphatic heterocycles. The number of benzene rings is 1. The molecule has 0 spiro atoms. The van der Waals surface area contributed by atoms with Crippen molar-refractivity contribution in [1.82, 2.24) is 15.1 Å². The molecular weight excluding hydrogens is 516 g/mol. The third kappa shape index (κ3) is 9.71. The molecule has 0 radical (unpaired) electrons. The Balaban J connectivity index is 2.06. The smallest absolute Gasteiger partial charge is 0.447 e. The molecule has 1 aromatic carbocycles. The van der Waals surface area contributed by atoms with Gasteiger partial charge in [0.25, 0.3) is 0 Å². The van der Waals surface area contributed by atoms with Crippen LogP contribution in [0.15, 0.2) is 30.3 Å². The van der Waals surface area contributed by atoms with Gasteiger partial charge in [0.2, 0.25) is 5.91 Å². The minimum absolute atomic E-state index is 0.137. The van der Waals surface area contributed by atoms with Gasteiger partial charge in [0, 0.05) is 12.1 Å². The largest absolute Gasteiger partial charge is 0.475 e. The van der Waals surface area contributed by atoms with E-state index in [-0.39, 0.29) is 19.4 Å². The summed E-state index contributed by atoms with van der Waals surface area (Å²) in [4.78, 5) is 28.6. The predicted octanol–water partition coefficient (Wildman–Crippen LogP) is 2.91. The number of likely N-dealkylation sites (tertiary alicyclic amines) is 1. The van der Waals surface area contributed by atoms with Crippen molar-refractivity contribution >= 4 is 19.1 Å². The van der Waals surface area contributed by atoms with Crippen molar-refractivity contribution in [2.45, 2.75) is 76.6 Å². The maximum Gasteiger partial charge on any atom is 0.475 e. The molecule has 2 amide bonds. The van der Waals surface area contributed by atoms with Crippen molar-refractivity contribution in [1.29, 1.82) is 5.26 Å². The lowest BCUT2D eigenvalue weighted by molar-refractivity contribution is -0.157. The Morgan fingerprint density at radius 2 is 1.87 bits per heavy atom. The van der Waals surface area contributed by atoms with Gasteiger partial charge < -0.3 is 25.0 Å². The molecule has 39 heavy (non-hydrogen) atoms. The van der Waals surface area contributed by atoms with Gasteiger partial charge in [-0.15, -0.1) is 0 Å². The topological polar surface area (TPSA) is 126 Å². The van der Waals surface area contributed by atoms with E-state index >= 15 is 0 Å². The summed E-state index contributed by atoms with van der Waals surface area (Å²) in [6.07, 6.45) is -3.37. The number of alkyl halides is 3. The van der Waals surface area contributed by atoms with Crippen LogP contribution in [0.3, 0.4) is 0 Å². The van der Waals surface area contributed by atoms with Crippen LogP contribution in [0.1, 0.15) is 52.0 Å². The summed E-state index contributed by atoms with van der Waals surface area (Å²) in [5.41, 5.74) is -1.95. The van der Waals surface area contributed by atoms with Gasteiger partial charge >= 0.3 is 19.4 Å². The van der Waals surface area contributed by atoms with Crippen molar-refractivity contribution in [2.75, 3.05) is 26.7 Å². The lowest BCUT2D eigenvalue weighted by Crippen LogP contribution is -2.55.